The standard InChI is InChI=1S/C15H26N2O/c1-11(15(2,3)4)9-17-10-12-6-7-13(16)8-14(12)18-5/h6-8,11,17H,9-10,16H2,1-5H3. The van der Waals surface area contributed by atoms with Crippen LogP contribution >= 0.6 is 0 Å². The normalized spacial score (nSPS) is 13.4. The molecule has 0 bridgehead atoms. The Kier molecular flexibility index (Phi) is 5.03. The van der Waals surface area contributed by atoms with Gasteiger partial charge < -0.3 is 15.8 Å². The molecule has 0 saturated carbocycles. The van der Waals surface area contributed by atoms with Crippen LogP contribution in [0.4, 0.5) is 5.69 Å². The fraction of sp³-hybridized carbons (Fsp3) is 0.600. The first-order valence-electron chi connectivity index (χ1n) is 6.47. The molecule has 3 heteroatoms. The Morgan fingerprint density at radius 2 is 2.00 bits per heavy atom. The summed E-state index contributed by atoms with van der Waals surface area (Å²) in [6.45, 7) is 10.9. The van der Waals surface area contributed by atoms with Crippen molar-refractivity contribution in [2.75, 3.05) is 19.4 Å². The summed E-state index contributed by atoms with van der Waals surface area (Å²) in [5.41, 5.74) is 7.95. The van der Waals surface area contributed by atoms with Gasteiger partial charge in [0.15, 0.2) is 0 Å². The van der Waals surface area contributed by atoms with E-state index in [1.165, 1.54) is 0 Å². The van der Waals surface area contributed by atoms with E-state index in [1.807, 2.05) is 18.2 Å². The second-order valence-corrected chi connectivity index (χ2v) is 5.97. The van der Waals surface area contributed by atoms with Crippen molar-refractivity contribution >= 4 is 5.69 Å². The molecule has 1 aromatic rings. The zero-order valence-corrected chi connectivity index (χ0v) is 12.2. The minimum absolute atomic E-state index is 0.332. The van der Waals surface area contributed by atoms with Gasteiger partial charge in [-0.05, 0) is 23.9 Å². The SMILES string of the molecule is COc1cc(N)ccc1CNCC(C)C(C)(C)C. The number of hydrogen-bond donors (Lipinski definition) is 2. The average molecular weight is 250 g/mol. The number of rotatable bonds is 5. The first-order valence-corrected chi connectivity index (χ1v) is 6.47. The number of benzene rings is 1. The number of ether oxygens (including phenoxy) is 1. The maximum atomic E-state index is 5.74. The highest BCUT2D eigenvalue weighted by molar-refractivity contribution is 5.48. The minimum atomic E-state index is 0.332. The summed E-state index contributed by atoms with van der Waals surface area (Å²) in [5, 5.41) is 3.48. The highest BCUT2D eigenvalue weighted by Gasteiger charge is 2.19. The summed E-state index contributed by atoms with van der Waals surface area (Å²) >= 11 is 0. The van der Waals surface area contributed by atoms with Gasteiger partial charge in [0.1, 0.15) is 5.75 Å². The van der Waals surface area contributed by atoms with Crippen LogP contribution in [0.1, 0.15) is 33.3 Å². The summed E-state index contributed by atoms with van der Waals surface area (Å²) in [7, 11) is 1.68. The van der Waals surface area contributed by atoms with E-state index in [0.717, 1.165) is 30.1 Å². The lowest BCUT2D eigenvalue weighted by molar-refractivity contribution is 0.252. The molecular weight excluding hydrogens is 224 g/mol. The third-order valence-corrected chi connectivity index (χ3v) is 3.56. The van der Waals surface area contributed by atoms with Crippen molar-refractivity contribution < 1.29 is 4.74 Å². The highest BCUT2D eigenvalue weighted by atomic mass is 16.5. The first kappa shape index (κ1) is 14.8. The predicted molar refractivity (Wildman–Crippen MR) is 77.7 cm³/mol. The summed E-state index contributed by atoms with van der Waals surface area (Å²) in [6.07, 6.45) is 0. The lowest BCUT2D eigenvalue weighted by Crippen LogP contribution is -2.29. The van der Waals surface area contributed by atoms with Crippen LogP contribution < -0.4 is 15.8 Å². The molecule has 18 heavy (non-hydrogen) atoms. The highest BCUT2D eigenvalue weighted by Crippen LogP contribution is 2.25. The van der Waals surface area contributed by atoms with Gasteiger partial charge in [0.25, 0.3) is 0 Å². The van der Waals surface area contributed by atoms with E-state index in [-0.39, 0.29) is 0 Å². The van der Waals surface area contributed by atoms with Gasteiger partial charge in [0.05, 0.1) is 7.11 Å². The van der Waals surface area contributed by atoms with E-state index in [1.54, 1.807) is 7.11 Å². The van der Waals surface area contributed by atoms with Crippen LogP contribution in [0.3, 0.4) is 0 Å². The number of hydrogen-bond acceptors (Lipinski definition) is 3. The average Bonchev–Trinajstić information content (AvgIpc) is 2.29. The Morgan fingerprint density at radius 3 is 2.56 bits per heavy atom. The van der Waals surface area contributed by atoms with Gasteiger partial charge in [-0.3, -0.25) is 0 Å². The summed E-state index contributed by atoms with van der Waals surface area (Å²) in [6, 6.07) is 5.79. The van der Waals surface area contributed by atoms with E-state index < -0.39 is 0 Å². The number of nitrogens with one attached hydrogen (secondary N) is 1. The van der Waals surface area contributed by atoms with Gasteiger partial charge in [-0.2, -0.15) is 0 Å². The summed E-state index contributed by atoms with van der Waals surface area (Å²) < 4.78 is 5.33. The van der Waals surface area contributed by atoms with Crippen LogP contribution in [0.2, 0.25) is 0 Å². The largest absolute Gasteiger partial charge is 0.496 e. The quantitative estimate of drug-likeness (QED) is 0.790. The van der Waals surface area contributed by atoms with E-state index >= 15 is 0 Å². The maximum absolute atomic E-state index is 5.74. The molecule has 3 nitrogen and oxygen atoms in total. The minimum Gasteiger partial charge on any atom is -0.496 e. The smallest absolute Gasteiger partial charge is 0.125 e. The monoisotopic (exact) mass is 250 g/mol. The van der Waals surface area contributed by atoms with Crippen molar-refractivity contribution in [3.63, 3.8) is 0 Å². The Balaban J connectivity index is 2.54. The third-order valence-electron chi connectivity index (χ3n) is 3.56. The molecule has 0 radical (unpaired) electrons. The van der Waals surface area contributed by atoms with Crippen LogP contribution in [-0.4, -0.2) is 13.7 Å². The molecule has 0 spiro atoms. The van der Waals surface area contributed by atoms with E-state index in [0.29, 0.717) is 11.3 Å². The van der Waals surface area contributed by atoms with Crippen LogP contribution in [0.15, 0.2) is 18.2 Å². The van der Waals surface area contributed by atoms with Gasteiger partial charge >= 0.3 is 0 Å². The van der Waals surface area contributed by atoms with Crippen molar-refractivity contribution in [2.24, 2.45) is 11.3 Å². The molecule has 1 aromatic carbocycles. The molecule has 3 N–H and O–H groups in total. The summed E-state index contributed by atoms with van der Waals surface area (Å²) in [5.74, 6) is 1.48. The number of anilines is 1. The van der Waals surface area contributed by atoms with Crippen molar-refractivity contribution in [1.82, 2.24) is 5.32 Å². The molecule has 0 aliphatic rings. The van der Waals surface area contributed by atoms with Crippen LogP contribution in [0, 0.1) is 11.3 Å². The van der Waals surface area contributed by atoms with Gasteiger partial charge in [-0.1, -0.05) is 33.8 Å². The Bertz CT molecular complexity index is 383. The van der Waals surface area contributed by atoms with Gasteiger partial charge in [0.2, 0.25) is 0 Å². The van der Waals surface area contributed by atoms with Crippen molar-refractivity contribution in [3.8, 4) is 5.75 Å². The lowest BCUT2D eigenvalue weighted by atomic mass is 9.82. The van der Waals surface area contributed by atoms with Gasteiger partial charge in [-0.25, -0.2) is 0 Å². The molecule has 1 rings (SSSR count). The molecule has 1 unspecified atom stereocenters. The van der Waals surface area contributed by atoms with Crippen LogP contribution in [0.25, 0.3) is 0 Å². The Labute approximate surface area is 111 Å². The fourth-order valence-corrected chi connectivity index (χ4v) is 1.64. The predicted octanol–water partition coefficient (Wildman–Crippen LogP) is 3.05. The second-order valence-electron chi connectivity index (χ2n) is 5.97. The zero-order valence-electron chi connectivity index (χ0n) is 12.2. The Morgan fingerprint density at radius 1 is 1.33 bits per heavy atom. The van der Waals surface area contributed by atoms with E-state index in [4.69, 9.17) is 10.5 Å². The van der Waals surface area contributed by atoms with Crippen molar-refractivity contribution in [2.45, 2.75) is 34.2 Å². The molecular formula is C15H26N2O. The molecule has 0 saturated heterocycles. The molecule has 0 aromatic heterocycles. The molecule has 0 amide bonds. The number of nitrogens with two attached hydrogens (primary N) is 1. The third kappa shape index (κ3) is 4.22. The van der Waals surface area contributed by atoms with Gasteiger partial charge in [-0.15, -0.1) is 0 Å². The molecule has 0 fully saturated rings. The number of methoxy groups -OCH3 is 1. The van der Waals surface area contributed by atoms with Crippen molar-refractivity contribution in [1.29, 1.82) is 0 Å². The van der Waals surface area contributed by atoms with Gasteiger partial charge in [0, 0.05) is 23.9 Å². The second kappa shape index (κ2) is 6.10. The number of nitrogen functional groups attached to an aromatic ring is 1. The van der Waals surface area contributed by atoms with Crippen LogP contribution in [0.5, 0.6) is 5.75 Å². The molecule has 0 aliphatic carbocycles. The topological polar surface area (TPSA) is 47.3 Å². The molecule has 1 atom stereocenters. The van der Waals surface area contributed by atoms with Crippen LogP contribution in [-0.2, 0) is 6.54 Å². The molecule has 102 valence electrons. The Hall–Kier alpha value is -1.22. The van der Waals surface area contributed by atoms with E-state index in [9.17, 15) is 0 Å². The zero-order chi connectivity index (χ0) is 13.8. The maximum Gasteiger partial charge on any atom is 0.125 e. The van der Waals surface area contributed by atoms with E-state index in [2.05, 4.69) is 33.0 Å². The molecule has 0 aliphatic heterocycles. The first-order chi connectivity index (χ1) is 8.34. The molecule has 0 heterocycles. The fourth-order valence-electron chi connectivity index (χ4n) is 1.64. The lowest BCUT2D eigenvalue weighted by Gasteiger charge is -2.27. The summed E-state index contributed by atoms with van der Waals surface area (Å²) in [4.78, 5) is 0. The van der Waals surface area contributed by atoms with Crippen molar-refractivity contribution in [3.05, 3.63) is 23.8 Å².